The maximum absolute atomic E-state index is 11.8. The zero-order chi connectivity index (χ0) is 14.7. The zero-order valence-electron chi connectivity index (χ0n) is 10.6. The molecule has 7 heteroatoms. The minimum atomic E-state index is -0.936. The van der Waals surface area contributed by atoms with Crippen LogP contribution in [-0.2, 0) is 4.74 Å². The van der Waals surface area contributed by atoms with Gasteiger partial charge in [-0.25, -0.2) is 4.79 Å². The second kappa shape index (κ2) is 5.40. The number of fused-ring (bicyclic) bond motifs is 1. The Morgan fingerprint density at radius 3 is 2.95 bits per heavy atom. The predicted octanol–water partition coefficient (Wildman–Crippen LogP) is 2.60. The molecule has 0 aliphatic carbocycles. The van der Waals surface area contributed by atoms with Crippen molar-refractivity contribution in [1.82, 2.24) is 4.90 Å². The number of carbonyl (C=O) groups is 1. The number of amides is 1. The molecule has 1 aliphatic heterocycles. The molecule has 0 saturated carbocycles. The van der Waals surface area contributed by atoms with E-state index in [1.165, 1.54) is 24.4 Å². The van der Waals surface area contributed by atoms with Crippen molar-refractivity contribution in [2.24, 2.45) is 0 Å². The number of nitro benzene ring substituents is 1. The topological polar surface area (TPSA) is 96.5 Å². The van der Waals surface area contributed by atoms with Gasteiger partial charge in [-0.3, -0.25) is 15.0 Å². The van der Waals surface area contributed by atoms with Gasteiger partial charge in [-0.15, -0.1) is 0 Å². The Bertz CT molecular complexity index is 633. The first-order valence-corrected chi connectivity index (χ1v) is 5.90. The molecule has 0 spiro atoms. The van der Waals surface area contributed by atoms with Gasteiger partial charge in [-0.05, 0) is 13.0 Å². The lowest BCUT2D eigenvalue weighted by atomic mass is 9.96. The van der Waals surface area contributed by atoms with Gasteiger partial charge >= 0.3 is 6.09 Å². The second-order valence-corrected chi connectivity index (χ2v) is 3.99. The van der Waals surface area contributed by atoms with Gasteiger partial charge in [-0.2, -0.15) is 5.26 Å². The maximum atomic E-state index is 11.8. The molecule has 1 aliphatic rings. The first kappa shape index (κ1) is 13.5. The standard InChI is InChI=1S/C13H11N3O4/c1-2-20-13(17)15-7-6-10-9(12(15)8-14)4-3-5-11(10)16(18)19/h3-7,12H,2H2,1H3. The molecule has 0 saturated heterocycles. The number of nitrogens with zero attached hydrogens (tertiary/aromatic N) is 3. The molecule has 0 radical (unpaired) electrons. The van der Waals surface area contributed by atoms with Gasteiger partial charge in [0.2, 0.25) is 0 Å². The molecule has 0 fully saturated rings. The third kappa shape index (κ3) is 2.19. The Balaban J connectivity index is 2.49. The van der Waals surface area contributed by atoms with Crippen LogP contribution < -0.4 is 0 Å². The zero-order valence-corrected chi connectivity index (χ0v) is 10.6. The number of benzene rings is 1. The summed E-state index contributed by atoms with van der Waals surface area (Å²) in [6, 6.07) is 5.47. The fourth-order valence-electron chi connectivity index (χ4n) is 2.04. The number of hydrogen-bond acceptors (Lipinski definition) is 5. The van der Waals surface area contributed by atoms with Crippen molar-refractivity contribution >= 4 is 17.9 Å². The van der Waals surface area contributed by atoms with Crippen molar-refractivity contribution in [3.8, 4) is 6.07 Å². The van der Waals surface area contributed by atoms with Crippen LogP contribution in [-0.4, -0.2) is 22.5 Å². The lowest BCUT2D eigenvalue weighted by Gasteiger charge is -2.27. The van der Waals surface area contributed by atoms with Gasteiger partial charge in [0.15, 0.2) is 6.04 Å². The van der Waals surface area contributed by atoms with Crippen LogP contribution in [0.15, 0.2) is 24.4 Å². The molecule has 0 bridgehead atoms. The number of nitriles is 1. The van der Waals surface area contributed by atoms with E-state index in [1.54, 1.807) is 13.0 Å². The summed E-state index contributed by atoms with van der Waals surface area (Å²) in [7, 11) is 0. The fourth-order valence-corrected chi connectivity index (χ4v) is 2.04. The SMILES string of the molecule is CCOC(=O)N1C=Cc2c(cccc2[N+](=O)[O-])C1C#N. The third-order valence-corrected chi connectivity index (χ3v) is 2.89. The molecule has 7 nitrogen and oxygen atoms in total. The molecule has 1 aromatic carbocycles. The number of carbonyl (C=O) groups excluding carboxylic acids is 1. The quantitative estimate of drug-likeness (QED) is 0.609. The van der Waals surface area contributed by atoms with E-state index < -0.39 is 17.1 Å². The van der Waals surface area contributed by atoms with Crippen LogP contribution in [0, 0.1) is 21.4 Å². The van der Waals surface area contributed by atoms with Crippen molar-refractivity contribution in [2.45, 2.75) is 13.0 Å². The molecule has 1 aromatic rings. The molecule has 0 aromatic heterocycles. The molecule has 102 valence electrons. The maximum Gasteiger partial charge on any atom is 0.415 e. The van der Waals surface area contributed by atoms with E-state index in [9.17, 15) is 20.2 Å². The minimum Gasteiger partial charge on any atom is -0.449 e. The van der Waals surface area contributed by atoms with Gasteiger partial charge in [0.05, 0.1) is 23.2 Å². The van der Waals surface area contributed by atoms with Crippen LogP contribution in [0.2, 0.25) is 0 Å². The summed E-state index contributed by atoms with van der Waals surface area (Å²) in [6.45, 7) is 1.84. The highest BCUT2D eigenvalue weighted by Crippen LogP contribution is 2.35. The Morgan fingerprint density at radius 2 is 2.35 bits per heavy atom. The summed E-state index contributed by atoms with van der Waals surface area (Å²) in [5, 5.41) is 20.2. The van der Waals surface area contributed by atoms with Gasteiger partial charge in [-0.1, -0.05) is 12.1 Å². The summed E-state index contributed by atoms with van der Waals surface area (Å²) < 4.78 is 4.86. The predicted molar refractivity (Wildman–Crippen MR) is 69.3 cm³/mol. The Labute approximate surface area is 114 Å². The molecule has 1 unspecified atom stereocenters. The Morgan fingerprint density at radius 1 is 1.60 bits per heavy atom. The van der Waals surface area contributed by atoms with Crippen molar-refractivity contribution in [3.63, 3.8) is 0 Å². The van der Waals surface area contributed by atoms with Gasteiger partial charge in [0, 0.05) is 17.8 Å². The normalized spacial score (nSPS) is 16.2. The van der Waals surface area contributed by atoms with E-state index in [0.29, 0.717) is 11.1 Å². The average Bonchev–Trinajstić information content (AvgIpc) is 2.45. The summed E-state index contributed by atoms with van der Waals surface area (Å²) in [6.07, 6.45) is 2.12. The molecular formula is C13H11N3O4. The van der Waals surface area contributed by atoms with Crippen molar-refractivity contribution in [2.75, 3.05) is 6.61 Å². The molecule has 1 heterocycles. The highest BCUT2D eigenvalue weighted by Gasteiger charge is 2.32. The van der Waals surface area contributed by atoms with E-state index in [4.69, 9.17) is 4.74 Å². The van der Waals surface area contributed by atoms with Gasteiger partial charge in [0.25, 0.3) is 5.69 Å². The highest BCUT2D eigenvalue weighted by molar-refractivity contribution is 5.76. The van der Waals surface area contributed by atoms with Crippen LogP contribution in [0.4, 0.5) is 10.5 Å². The lowest BCUT2D eigenvalue weighted by molar-refractivity contribution is -0.385. The van der Waals surface area contributed by atoms with Gasteiger partial charge < -0.3 is 4.74 Å². The summed E-state index contributed by atoms with van der Waals surface area (Å²) >= 11 is 0. The van der Waals surface area contributed by atoms with Crippen LogP contribution in [0.25, 0.3) is 6.08 Å². The number of hydrogen-bond donors (Lipinski definition) is 0. The summed E-state index contributed by atoms with van der Waals surface area (Å²) in [4.78, 5) is 23.3. The number of rotatable bonds is 2. The van der Waals surface area contributed by atoms with E-state index in [0.717, 1.165) is 4.90 Å². The lowest BCUT2D eigenvalue weighted by Crippen LogP contribution is -2.32. The molecule has 0 N–H and O–H groups in total. The van der Waals surface area contributed by atoms with Crippen molar-refractivity contribution < 1.29 is 14.5 Å². The van der Waals surface area contributed by atoms with Crippen molar-refractivity contribution in [3.05, 3.63) is 45.6 Å². The highest BCUT2D eigenvalue weighted by atomic mass is 16.6. The van der Waals surface area contributed by atoms with Crippen LogP contribution >= 0.6 is 0 Å². The summed E-state index contributed by atoms with van der Waals surface area (Å²) in [5.41, 5.74) is 0.657. The average molecular weight is 273 g/mol. The third-order valence-electron chi connectivity index (χ3n) is 2.89. The monoisotopic (exact) mass is 273 g/mol. The van der Waals surface area contributed by atoms with E-state index in [2.05, 4.69) is 0 Å². The molecule has 20 heavy (non-hydrogen) atoms. The molecule has 1 atom stereocenters. The second-order valence-electron chi connectivity index (χ2n) is 3.99. The number of nitro groups is 1. The summed E-state index contributed by atoms with van der Waals surface area (Å²) in [5.74, 6) is 0. The van der Waals surface area contributed by atoms with E-state index in [1.807, 2.05) is 6.07 Å². The van der Waals surface area contributed by atoms with Crippen LogP contribution in [0.5, 0.6) is 0 Å². The largest absolute Gasteiger partial charge is 0.449 e. The molecular weight excluding hydrogens is 262 g/mol. The van der Waals surface area contributed by atoms with Gasteiger partial charge in [0.1, 0.15) is 0 Å². The smallest absolute Gasteiger partial charge is 0.415 e. The van der Waals surface area contributed by atoms with Crippen LogP contribution in [0.3, 0.4) is 0 Å². The Kier molecular flexibility index (Phi) is 3.66. The Hall–Kier alpha value is -2.88. The fraction of sp³-hybridized carbons (Fsp3) is 0.231. The first-order chi connectivity index (χ1) is 9.60. The van der Waals surface area contributed by atoms with Crippen LogP contribution in [0.1, 0.15) is 24.1 Å². The minimum absolute atomic E-state index is 0.0949. The first-order valence-electron chi connectivity index (χ1n) is 5.90. The number of ether oxygens (including phenoxy) is 1. The van der Waals surface area contributed by atoms with E-state index in [-0.39, 0.29) is 12.3 Å². The van der Waals surface area contributed by atoms with Crippen molar-refractivity contribution in [1.29, 1.82) is 5.26 Å². The molecule has 1 amide bonds. The van der Waals surface area contributed by atoms with E-state index >= 15 is 0 Å². The molecule has 2 rings (SSSR count).